The molecule has 0 saturated carbocycles. The van der Waals surface area contributed by atoms with Crippen molar-refractivity contribution in [3.8, 4) is 0 Å². The number of hydrogen-bond acceptors (Lipinski definition) is 2. The molecule has 3 N–H and O–H groups in total. The minimum Gasteiger partial charge on any atom is -0.370 e. The van der Waals surface area contributed by atoms with E-state index in [-0.39, 0.29) is 5.91 Å². The predicted molar refractivity (Wildman–Crippen MR) is 109 cm³/mol. The Hall–Kier alpha value is -2.82. The van der Waals surface area contributed by atoms with E-state index < -0.39 is 0 Å². The van der Waals surface area contributed by atoms with E-state index in [1.54, 1.807) is 0 Å². The van der Waals surface area contributed by atoms with Crippen LogP contribution < -0.4 is 11.1 Å². The number of rotatable bonds is 5. The van der Waals surface area contributed by atoms with Crippen molar-refractivity contribution in [3.05, 3.63) is 64.7 Å². The van der Waals surface area contributed by atoms with Crippen molar-refractivity contribution >= 4 is 17.6 Å². The molecule has 0 unspecified atom stereocenters. The van der Waals surface area contributed by atoms with Crippen LogP contribution in [0, 0.1) is 0 Å². The second-order valence-corrected chi connectivity index (χ2v) is 7.35. The van der Waals surface area contributed by atoms with Crippen LogP contribution in [0.1, 0.15) is 41.5 Å². The summed E-state index contributed by atoms with van der Waals surface area (Å²) in [6.45, 7) is 2.00. The number of aryl methyl sites for hydroxylation is 2. The zero-order valence-electron chi connectivity index (χ0n) is 15.6. The van der Waals surface area contributed by atoms with Crippen molar-refractivity contribution in [1.82, 2.24) is 4.90 Å². The van der Waals surface area contributed by atoms with Crippen molar-refractivity contribution in [2.24, 2.45) is 10.7 Å². The Morgan fingerprint density at radius 1 is 1.04 bits per heavy atom. The molecule has 1 amide bonds. The Morgan fingerprint density at radius 2 is 1.78 bits per heavy atom. The zero-order valence-corrected chi connectivity index (χ0v) is 15.6. The topological polar surface area (TPSA) is 70.7 Å². The summed E-state index contributed by atoms with van der Waals surface area (Å²) >= 11 is 0. The molecule has 2 aromatic rings. The van der Waals surface area contributed by atoms with Crippen LogP contribution in [-0.4, -0.2) is 23.3 Å². The highest BCUT2D eigenvalue weighted by molar-refractivity contribution is 5.92. The summed E-state index contributed by atoms with van der Waals surface area (Å²) in [4.78, 5) is 18.7. The first-order chi connectivity index (χ1) is 13.2. The third-order valence-corrected chi connectivity index (χ3v) is 5.40. The molecule has 1 aliphatic carbocycles. The molecule has 2 aliphatic rings. The molecule has 0 spiro atoms. The molecule has 0 saturated heterocycles. The maximum absolute atomic E-state index is 12.4. The van der Waals surface area contributed by atoms with E-state index in [1.807, 2.05) is 17.0 Å². The number of amides is 1. The van der Waals surface area contributed by atoms with Gasteiger partial charge in [-0.3, -0.25) is 9.79 Å². The van der Waals surface area contributed by atoms with Gasteiger partial charge in [0.05, 0.1) is 0 Å². The van der Waals surface area contributed by atoms with Crippen LogP contribution in [0.3, 0.4) is 0 Å². The van der Waals surface area contributed by atoms with Gasteiger partial charge in [0.2, 0.25) is 5.91 Å². The molecule has 0 radical (unpaired) electrons. The minimum atomic E-state index is 0.187. The molecule has 1 aliphatic heterocycles. The van der Waals surface area contributed by atoms with Crippen LogP contribution in [0.2, 0.25) is 0 Å². The number of benzene rings is 2. The highest BCUT2D eigenvalue weighted by Gasteiger charge is 2.22. The number of carbonyl (C=O) groups excluding carboxylic acids is 1. The van der Waals surface area contributed by atoms with Gasteiger partial charge >= 0.3 is 0 Å². The summed E-state index contributed by atoms with van der Waals surface area (Å²) in [6, 6.07) is 14.6. The third-order valence-electron chi connectivity index (χ3n) is 5.40. The molecule has 0 fully saturated rings. The van der Waals surface area contributed by atoms with Crippen molar-refractivity contribution in [2.45, 2.75) is 45.2 Å². The monoisotopic (exact) mass is 362 g/mol. The van der Waals surface area contributed by atoms with Gasteiger partial charge in [-0.2, -0.15) is 0 Å². The van der Waals surface area contributed by atoms with Crippen LogP contribution in [0.5, 0.6) is 0 Å². The Balaban J connectivity index is 1.22. The second-order valence-electron chi connectivity index (χ2n) is 7.35. The summed E-state index contributed by atoms with van der Waals surface area (Å²) in [7, 11) is 0. The number of carbonyl (C=O) groups is 1. The minimum absolute atomic E-state index is 0.187. The molecular weight excluding hydrogens is 336 g/mol. The average molecular weight is 362 g/mol. The van der Waals surface area contributed by atoms with E-state index in [1.165, 1.54) is 35.1 Å². The van der Waals surface area contributed by atoms with Crippen molar-refractivity contribution in [1.29, 1.82) is 0 Å². The highest BCUT2D eigenvalue weighted by atomic mass is 16.2. The fourth-order valence-corrected chi connectivity index (χ4v) is 3.93. The third kappa shape index (κ3) is 4.13. The molecule has 140 valence electrons. The number of aliphatic imine (C=N–C) groups is 1. The van der Waals surface area contributed by atoms with Gasteiger partial charge < -0.3 is 16.0 Å². The Morgan fingerprint density at radius 3 is 2.56 bits per heavy atom. The van der Waals surface area contributed by atoms with Gasteiger partial charge in [-0.05, 0) is 60.1 Å². The maximum Gasteiger partial charge on any atom is 0.223 e. The maximum atomic E-state index is 12.4. The van der Waals surface area contributed by atoms with Gasteiger partial charge in [0.15, 0.2) is 5.96 Å². The average Bonchev–Trinajstić information content (AvgIpc) is 3.31. The van der Waals surface area contributed by atoms with E-state index in [4.69, 9.17) is 5.73 Å². The van der Waals surface area contributed by atoms with Crippen LogP contribution in [-0.2, 0) is 30.7 Å². The van der Waals surface area contributed by atoms with Gasteiger partial charge in [0.1, 0.15) is 0 Å². The van der Waals surface area contributed by atoms with E-state index in [0.717, 1.165) is 25.2 Å². The lowest BCUT2D eigenvalue weighted by molar-refractivity contribution is -0.131. The number of hydrogen-bond donors (Lipinski definition) is 2. The van der Waals surface area contributed by atoms with Crippen LogP contribution >= 0.6 is 0 Å². The standard InChI is InChI=1S/C22H26N4O/c23-22(25-20-11-10-16-7-3-8-17(16)13-20)24-12-4-9-21(27)26-14-18-5-1-2-6-19(18)15-26/h1-2,5-6,10-11,13H,3-4,7-9,12,14-15H2,(H3,23,24,25). The zero-order chi connectivity index (χ0) is 18.6. The highest BCUT2D eigenvalue weighted by Crippen LogP contribution is 2.25. The van der Waals surface area contributed by atoms with Gasteiger partial charge in [-0.1, -0.05) is 30.3 Å². The molecule has 0 bridgehead atoms. The first-order valence-electron chi connectivity index (χ1n) is 9.72. The Kier molecular flexibility index (Phi) is 5.10. The SMILES string of the molecule is NC(=NCCCC(=O)N1Cc2ccccc2C1)Nc1ccc2c(c1)CCC2. The van der Waals surface area contributed by atoms with E-state index in [9.17, 15) is 4.79 Å². The smallest absolute Gasteiger partial charge is 0.223 e. The summed E-state index contributed by atoms with van der Waals surface area (Å²) < 4.78 is 0. The molecule has 1 heterocycles. The number of anilines is 1. The fourth-order valence-electron chi connectivity index (χ4n) is 3.93. The van der Waals surface area contributed by atoms with Crippen LogP contribution in [0.25, 0.3) is 0 Å². The Bertz CT molecular complexity index is 849. The van der Waals surface area contributed by atoms with Crippen molar-refractivity contribution < 1.29 is 4.79 Å². The van der Waals surface area contributed by atoms with Gasteiger partial charge in [-0.15, -0.1) is 0 Å². The van der Waals surface area contributed by atoms with Crippen LogP contribution in [0.15, 0.2) is 47.5 Å². The molecule has 4 rings (SSSR count). The summed E-state index contributed by atoms with van der Waals surface area (Å²) in [6.07, 6.45) is 4.76. The summed E-state index contributed by atoms with van der Waals surface area (Å²) in [5.41, 5.74) is 12.3. The molecule has 5 nitrogen and oxygen atoms in total. The normalized spacial score (nSPS) is 15.6. The fraction of sp³-hybridized carbons (Fsp3) is 0.364. The van der Waals surface area contributed by atoms with Crippen molar-refractivity contribution in [3.63, 3.8) is 0 Å². The number of nitrogens with two attached hydrogens (primary N) is 1. The first kappa shape index (κ1) is 17.6. The lowest BCUT2D eigenvalue weighted by Gasteiger charge is -2.15. The second kappa shape index (κ2) is 7.82. The van der Waals surface area contributed by atoms with E-state index >= 15 is 0 Å². The number of guanidine groups is 1. The van der Waals surface area contributed by atoms with Gasteiger partial charge in [-0.25, -0.2) is 0 Å². The molecule has 27 heavy (non-hydrogen) atoms. The molecular formula is C22H26N4O. The number of nitrogens with zero attached hydrogens (tertiary/aromatic N) is 2. The summed E-state index contributed by atoms with van der Waals surface area (Å²) in [5, 5.41) is 3.16. The van der Waals surface area contributed by atoms with E-state index in [2.05, 4.69) is 40.6 Å². The lowest BCUT2D eigenvalue weighted by Crippen LogP contribution is -2.25. The Labute approximate surface area is 160 Å². The molecule has 0 aromatic heterocycles. The van der Waals surface area contributed by atoms with Gasteiger partial charge in [0, 0.05) is 31.7 Å². The van der Waals surface area contributed by atoms with Gasteiger partial charge in [0.25, 0.3) is 0 Å². The molecule has 5 heteroatoms. The van der Waals surface area contributed by atoms with Crippen LogP contribution in [0.4, 0.5) is 5.69 Å². The van der Waals surface area contributed by atoms with E-state index in [0.29, 0.717) is 25.3 Å². The largest absolute Gasteiger partial charge is 0.370 e. The first-order valence-corrected chi connectivity index (χ1v) is 9.72. The number of fused-ring (bicyclic) bond motifs is 2. The predicted octanol–water partition coefficient (Wildman–Crippen LogP) is 3.22. The number of nitrogens with one attached hydrogen (secondary N) is 1. The molecule has 0 atom stereocenters. The quantitative estimate of drug-likeness (QED) is 0.487. The molecule has 2 aromatic carbocycles. The van der Waals surface area contributed by atoms with Crippen molar-refractivity contribution in [2.75, 3.05) is 11.9 Å². The summed E-state index contributed by atoms with van der Waals surface area (Å²) in [5.74, 6) is 0.598. The lowest BCUT2D eigenvalue weighted by atomic mass is 10.1.